The second-order valence-electron chi connectivity index (χ2n) is 4.68. The molecule has 0 spiro atoms. The lowest BCUT2D eigenvalue weighted by Gasteiger charge is -2.07. The SMILES string of the molecule is OC1C=C(c2ccc3c(c2)OCO3)c2ccccc21. The van der Waals surface area contributed by atoms with Crippen LogP contribution < -0.4 is 9.47 Å². The lowest BCUT2D eigenvalue weighted by molar-refractivity contribution is 0.174. The number of hydrogen-bond donors (Lipinski definition) is 1. The summed E-state index contributed by atoms with van der Waals surface area (Å²) in [6.45, 7) is 0.275. The zero-order chi connectivity index (χ0) is 12.8. The normalized spacial score (nSPS) is 19.2. The van der Waals surface area contributed by atoms with Gasteiger partial charge in [-0.05, 0) is 40.5 Å². The molecule has 0 fully saturated rings. The molecule has 0 saturated heterocycles. The monoisotopic (exact) mass is 252 g/mol. The molecule has 1 aliphatic heterocycles. The Balaban J connectivity index is 1.84. The maximum Gasteiger partial charge on any atom is 0.231 e. The minimum absolute atomic E-state index is 0.275. The van der Waals surface area contributed by atoms with Gasteiger partial charge in [-0.2, -0.15) is 0 Å². The van der Waals surface area contributed by atoms with Crippen LogP contribution in [0.1, 0.15) is 22.8 Å². The molecule has 1 unspecified atom stereocenters. The van der Waals surface area contributed by atoms with Crippen LogP contribution in [0.4, 0.5) is 0 Å². The van der Waals surface area contributed by atoms with Crippen molar-refractivity contribution in [1.29, 1.82) is 0 Å². The number of aliphatic hydroxyl groups excluding tert-OH is 1. The Hall–Kier alpha value is -2.26. The number of ether oxygens (including phenoxy) is 2. The maximum atomic E-state index is 10.1. The van der Waals surface area contributed by atoms with E-state index in [9.17, 15) is 5.11 Å². The first kappa shape index (κ1) is 10.6. The Morgan fingerprint density at radius 3 is 2.79 bits per heavy atom. The molecule has 2 aromatic rings. The van der Waals surface area contributed by atoms with Crippen LogP contribution in [0.2, 0.25) is 0 Å². The largest absolute Gasteiger partial charge is 0.454 e. The first-order valence-corrected chi connectivity index (χ1v) is 6.22. The third kappa shape index (κ3) is 1.55. The molecule has 19 heavy (non-hydrogen) atoms. The van der Waals surface area contributed by atoms with Crippen LogP contribution >= 0.6 is 0 Å². The smallest absolute Gasteiger partial charge is 0.231 e. The van der Waals surface area contributed by atoms with E-state index in [0.717, 1.165) is 33.8 Å². The Bertz CT molecular complexity index is 688. The molecule has 1 N–H and O–H groups in total. The fourth-order valence-electron chi connectivity index (χ4n) is 2.65. The van der Waals surface area contributed by atoms with Gasteiger partial charge in [-0.25, -0.2) is 0 Å². The van der Waals surface area contributed by atoms with Crippen molar-refractivity contribution in [2.45, 2.75) is 6.10 Å². The average Bonchev–Trinajstić information content (AvgIpc) is 3.03. The summed E-state index contributed by atoms with van der Waals surface area (Å²) in [5.74, 6) is 1.54. The highest BCUT2D eigenvalue weighted by atomic mass is 16.7. The molecule has 1 atom stereocenters. The van der Waals surface area contributed by atoms with Crippen LogP contribution in [0.15, 0.2) is 48.5 Å². The highest BCUT2D eigenvalue weighted by molar-refractivity contribution is 5.86. The van der Waals surface area contributed by atoms with Gasteiger partial charge in [0.25, 0.3) is 0 Å². The van der Waals surface area contributed by atoms with Crippen molar-refractivity contribution in [3.8, 4) is 11.5 Å². The van der Waals surface area contributed by atoms with Crippen LogP contribution in [0.3, 0.4) is 0 Å². The van der Waals surface area contributed by atoms with E-state index in [1.165, 1.54) is 0 Å². The van der Waals surface area contributed by atoms with Crippen molar-refractivity contribution >= 4 is 5.57 Å². The maximum absolute atomic E-state index is 10.1. The average molecular weight is 252 g/mol. The lowest BCUT2D eigenvalue weighted by Crippen LogP contribution is -1.93. The molecule has 0 amide bonds. The second kappa shape index (κ2) is 3.87. The highest BCUT2D eigenvalue weighted by Crippen LogP contribution is 2.41. The van der Waals surface area contributed by atoms with Gasteiger partial charge < -0.3 is 14.6 Å². The number of aliphatic hydroxyl groups is 1. The Morgan fingerprint density at radius 2 is 1.84 bits per heavy atom. The molecule has 2 aliphatic rings. The van der Waals surface area contributed by atoms with Gasteiger partial charge in [0.15, 0.2) is 11.5 Å². The van der Waals surface area contributed by atoms with Gasteiger partial charge in [-0.3, -0.25) is 0 Å². The predicted molar refractivity (Wildman–Crippen MR) is 71.0 cm³/mol. The van der Waals surface area contributed by atoms with Crippen LogP contribution in [0.5, 0.6) is 11.5 Å². The summed E-state index contributed by atoms with van der Waals surface area (Å²) in [5, 5.41) is 10.1. The van der Waals surface area contributed by atoms with Crippen molar-refractivity contribution in [1.82, 2.24) is 0 Å². The van der Waals surface area contributed by atoms with Crippen molar-refractivity contribution in [2.24, 2.45) is 0 Å². The van der Waals surface area contributed by atoms with Gasteiger partial charge in [0, 0.05) is 0 Å². The van der Waals surface area contributed by atoms with Gasteiger partial charge in [0.05, 0.1) is 6.10 Å². The molecule has 94 valence electrons. The highest BCUT2D eigenvalue weighted by Gasteiger charge is 2.23. The van der Waals surface area contributed by atoms with Crippen LogP contribution in [0.25, 0.3) is 5.57 Å². The molecule has 3 heteroatoms. The number of fused-ring (bicyclic) bond motifs is 2. The van der Waals surface area contributed by atoms with Crippen molar-refractivity contribution in [2.75, 3.05) is 6.79 Å². The van der Waals surface area contributed by atoms with E-state index in [-0.39, 0.29) is 6.79 Å². The number of rotatable bonds is 1. The summed E-state index contributed by atoms with van der Waals surface area (Å²) in [7, 11) is 0. The zero-order valence-electron chi connectivity index (χ0n) is 10.2. The summed E-state index contributed by atoms with van der Waals surface area (Å²) in [5.41, 5.74) is 4.11. The van der Waals surface area contributed by atoms with E-state index in [1.807, 2.05) is 48.5 Å². The summed E-state index contributed by atoms with van der Waals surface area (Å²) >= 11 is 0. The summed E-state index contributed by atoms with van der Waals surface area (Å²) in [4.78, 5) is 0. The summed E-state index contributed by atoms with van der Waals surface area (Å²) in [6, 6.07) is 13.8. The molecule has 0 aromatic heterocycles. The number of benzene rings is 2. The van der Waals surface area contributed by atoms with Gasteiger partial charge in [-0.15, -0.1) is 0 Å². The van der Waals surface area contributed by atoms with Gasteiger partial charge >= 0.3 is 0 Å². The summed E-state index contributed by atoms with van der Waals surface area (Å²) < 4.78 is 10.7. The Kier molecular flexibility index (Phi) is 2.17. The molecule has 1 heterocycles. The zero-order valence-corrected chi connectivity index (χ0v) is 10.2. The molecular weight excluding hydrogens is 240 g/mol. The van der Waals surface area contributed by atoms with Crippen molar-refractivity contribution < 1.29 is 14.6 Å². The molecule has 3 nitrogen and oxygen atoms in total. The van der Waals surface area contributed by atoms with E-state index >= 15 is 0 Å². The third-order valence-electron chi connectivity index (χ3n) is 3.58. The van der Waals surface area contributed by atoms with Crippen molar-refractivity contribution in [3.63, 3.8) is 0 Å². The third-order valence-corrected chi connectivity index (χ3v) is 3.58. The number of hydrogen-bond acceptors (Lipinski definition) is 3. The molecular formula is C16H12O3. The fourth-order valence-corrected chi connectivity index (χ4v) is 2.65. The first-order chi connectivity index (χ1) is 9.33. The fraction of sp³-hybridized carbons (Fsp3) is 0.125. The standard InChI is InChI=1S/C16H12O3/c17-14-8-13(11-3-1-2-4-12(11)14)10-5-6-15-16(7-10)19-9-18-15/h1-8,14,17H,9H2. The summed E-state index contributed by atoms with van der Waals surface area (Å²) in [6.07, 6.45) is 1.35. The minimum atomic E-state index is -0.531. The lowest BCUT2D eigenvalue weighted by atomic mass is 9.99. The van der Waals surface area contributed by atoms with Crippen LogP contribution in [-0.4, -0.2) is 11.9 Å². The first-order valence-electron chi connectivity index (χ1n) is 6.22. The van der Waals surface area contributed by atoms with E-state index in [4.69, 9.17) is 9.47 Å². The molecule has 0 bridgehead atoms. The van der Waals surface area contributed by atoms with Gasteiger partial charge in [-0.1, -0.05) is 30.3 Å². The van der Waals surface area contributed by atoms with Crippen molar-refractivity contribution in [3.05, 3.63) is 65.2 Å². The Labute approximate surface area is 110 Å². The molecule has 4 rings (SSSR count). The van der Waals surface area contributed by atoms with Crippen LogP contribution in [0, 0.1) is 0 Å². The van der Waals surface area contributed by atoms with E-state index in [1.54, 1.807) is 0 Å². The molecule has 2 aromatic carbocycles. The second-order valence-corrected chi connectivity index (χ2v) is 4.68. The van der Waals surface area contributed by atoms with Crippen LogP contribution in [-0.2, 0) is 0 Å². The van der Waals surface area contributed by atoms with Gasteiger partial charge in [0.1, 0.15) is 0 Å². The predicted octanol–water partition coefficient (Wildman–Crippen LogP) is 2.89. The molecule has 0 radical (unpaired) electrons. The molecule has 1 aliphatic carbocycles. The van der Waals surface area contributed by atoms with E-state index < -0.39 is 6.10 Å². The topological polar surface area (TPSA) is 38.7 Å². The minimum Gasteiger partial charge on any atom is -0.454 e. The Morgan fingerprint density at radius 1 is 1.00 bits per heavy atom. The molecule has 0 saturated carbocycles. The quantitative estimate of drug-likeness (QED) is 0.848. The van der Waals surface area contributed by atoms with E-state index in [0.29, 0.717) is 0 Å². The van der Waals surface area contributed by atoms with E-state index in [2.05, 4.69) is 0 Å². The van der Waals surface area contributed by atoms with Gasteiger partial charge in [0.2, 0.25) is 6.79 Å².